The van der Waals surface area contributed by atoms with E-state index < -0.39 is 0 Å². The van der Waals surface area contributed by atoms with Crippen molar-refractivity contribution in [3.05, 3.63) is 34.2 Å². The standard InChI is InChI=1S/C13H15N3O2/c1-7-5-9(7)14-12(17)8-3-4-11-10(6-8)15-13(18)16(11)2/h3-4,6-7,9H,5H2,1-2H3,(H,14,17)(H,15,18)/t7-,9-/m1/s1. The van der Waals surface area contributed by atoms with Gasteiger partial charge in [-0.1, -0.05) is 6.92 Å². The number of rotatable bonds is 2. The van der Waals surface area contributed by atoms with E-state index in [-0.39, 0.29) is 11.6 Å². The molecular weight excluding hydrogens is 230 g/mol. The zero-order valence-corrected chi connectivity index (χ0v) is 10.4. The third-order valence-corrected chi connectivity index (χ3v) is 3.59. The number of carbonyl (C=O) groups is 1. The molecule has 1 amide bonds. The molecule has 5 heteroatoms. The molecule has 1 saturated carbocycles. The lowest BCUT2D eigenvalue weighted by molar-refractivity contribution is 0.0949. The van der Waals surface area contributed by atoms with Crippen LogP contribution in [0, 0.1) is 5.92 Å². The van der Waals surface area contributed by atoms with Crippen molar-refractivity contribution in [1.29, 1.82) is 0 Å². The van der Waals surface area contributed by atoms with Gasteiger partial charge in [-0.05, 0) is 30.5 Å². The highest BCUT2D eigenvalue weighted by atomic mass is 16.2. The van der Waals surface area contributed by atoms with E-state index in [1.54, 1.807) is 25.2 Å². The van der Waals surface area contributed by atoms with Gasteiger partial charge in [0.2, 0.25) is 0 Å². The summed E-state index contributed by atoms with van der Waals surface area (Å²) in [4.78, 5) is 26.2. The Morgan fingerprint density at radius 2 is 2.22 bits per heavy atom. The van der Waals surface area contributed by atoms with Crippen molar-refractivity contribution in [2.24, 2.45) is 13.0 Å². The second-order valence-corrected chi connectivity index (χ2v) is 5.01. The van der Waals surface area contributed by atoms with E-state index in [1.807, 2.05) is 0 Å². The molecule has 3 rings (SSSR count). The molecule has 18 heavy (non-hydrogen) atoms. The maximum atomic E-state index is 12.0. The van der Waals surface area contributed by atoms with Crippen LogP contribution in [0.2, 0.25) is 0 Å². The lowest BCUT2D eigenvalue weighted by Gasteiger charge is -2.04. The van der Waals surface area contributed by atoms with Crippen LogP contribution in [0.4, 0.5) is 0 Å². The average molecular weight is 245 g/mol. The van der Waals surface area contributed by atoms with Crippen LogP contribution in [-0.4, -0.2) is 21.5 Å². The van der Waals surface area contributed by atoms with Crippen LogP contribution in [0.1, 0.15) is 23.7 Å². The van der Waals surface area contributed by atoms with Crippen molar-refractivity contribution >= 4 is 16.9 Å². The summed E-state index contributed by atoms with van der Waals surface area (Å²) >= 11 is 0. The number of aromatic nitrogens is 2. The summed E-state index contributed by atoms with van der Waals surface area (Å²) in [6, 6.07) is 5.57. The van der Waals surface area contributed by atoms with Gasteiger partial charge in [-0.15, -0.1) is 0 Å². The fraction of sp³-hybridized carbons (Fsp3) is 0.385. The Kier molecular flexibility index (Phi) is 2.29. The number of aromatic amines is 1. The maximum absolute atomic E-state index is 12.0. The van der Waals surface area contributed by atoms with Gasteiger partial charge in [0.25, 0.3) is 5.91 Å². The number of fused-ring (bicyclic) bond motifs is 1. The molecule has 0 bridgehead atoms. The molecule has 0 unspecified atom stereocenters. The first kappa shape index (κ1) is 11.1. The Bertz CT molecular complexity index is 683. The molecule has 0 aliphatic heterocycles. The van der Waals surface area contributed by atoms with Crippen molar-refractivity contribution in [2.45, 2.75) is 19.4 Å². The summed E-state index contributed by atoms with van der Waals surface area (Å²) in [7, 11) is 1.70. The lowest BCUT2D eigenvalue weighted by Crippen LogP contribution is -2.26. The van der Waals surface area contributed by atoms with Crippen LogP contribution >= 0.6 is 0 Å². The third kappa shape index (κ3) is 1.72. The molecule has 1 fully saturated rings. The second kappa shape index (κ2) is 3.73. The minimum absolute atomic E-state index is 0.0732. The Hall–Kier alpha value is -2.04. The molecule has 2 aromatic rings. The largest absolute Gasteiger partial charge is 0.349 e. The monoisotopic (exact) mass is 245 g/mol. The summed E-state index contributed by atoms with van der Waals surface area (Å²) in [6.45, 7) is 2.11. The van der Waals surface area contributed by atoms with Crippen molar-refractivity contribution in [3.63, 3.8) is 0 Å². The molecule has 0 spiro atoms. The van der Waals surface area contributed by atoms with Gasteiger partial charge in [-0.3, -0.25) is 9.36 Å². The molecule has 94 valence electrons. The minimum Gasteiger partial charge on any atom is -0.349 e. The summed E-state index contributed by atoms with van der Waals surface area (Å²) in [5.41, 5.74) is 1.91. The number of carbonyl (C=O) groups excluding carboxylic acids is 1. The van der Waals surface area contributed by atoms with Crippen molar-refractivity contribution in [3.8, 4) is 0 Å². The van der Waals surface area contributed by atoms with Crippen LogP contribution < -0.4 is 11.0 Å². The Morgan fingerprint density at radius 1 is 1.50 bits per heavy atom. The molecule has 2 atom stereocenters. The van der Waals surface area contributed by atoms with Crippen LogP contribution in [-0.2, 0) is 7.05 Å². The van der Waals surface area contributed by atoms with Gasteiger partial charge in [-0.2, -0.15) is 0 Å². The summed E-state index contributed by atoms with van der Waals surface area (Å²) in [6.07, 6.45) is 1.05. The van der Waals surface area contributed by atoms with E-state index in [0.29, 0.717) is 23.0 Å². The fourth-order valence-electron chi connectivity index (χ4n) is 2.15. The SMILES string of the molecule is C[C@@H]1C[C@H]1NC(=O)c1ccc2c(c1)[nH]c(=O)n2C. The topological polar surface area (TPSA) is 66.9 Å². The predicted molar refractivity (Wildman–Crippen MR) is 68.6 cm³/mol. The number of H-pyrrole nitrogens is 1. The fourth-order valence-corrected chi connectivity index (χ4v) is 2.15. The number of hydrogen-bond donors (Lipinski definition) is 2. The van der Waals surface area contributed by atoms with Crippen molar-refractivity contribution in [2.75, 3.05) is 0 Å². The number of nitrogens with zero attached hydrogens (tertiary/aromatic N) is 1. The highest BCUT2D eigenvalue weighted by Gasteiger charge is 2.33. The highest BCUT2D eigenvalue weighted by Crippen LogP contribution is 2.29. The summed E-state index contributed by atoms with van der Waals surface area (Å²) in [5.74, 6) is 0.505. The number of aryl methyl sites for hydroxylation is 1. The van der Waals surface area contributed by atoms with E-state index in [2.05, 4.69) is 17.2 Å². The Morgan fingerprint density at radius 3 is 2.89 bits per heavy atom. The zero-order chi connectivity index (χ0) is 12.9. The van der Waals surface area contributed by atoms with E-state index >= 15 is 0 Å². The first-order valence-corrected chi connectivity index (χ1v) is 6.06. The molecule has 2 N–H and O–H groups in total. The van der Waals surface area contributed by atoms with E-state index in [0.717, 1.165) is 11.9 Å². The summed E-state index contributed by atoms with van der Waals surface area (Å²) < 4.78 is 1.53. The molecule has 0 saturated heterocycles. The highest BCUT2D eigenvalue weighted by molar-refractivity contribution is 5.97. The molecule has 1 aromatic carbocycles. The predicted octanol–water partition coefficient (Wildman–Crippen LogP) is 1.00. The van der Waals surface area contributed by atoms with Gasteiger partial charge in [-0.25, -0.2) is 4.79 Å². The Labute approximate surface area is 104 Å². The van der Waals surface area contributed by atoms with Crippen LogP contribution in [0.5, 0.6) is 0 Å². The van der Waals surface area contributed by atoms with E-state index in [1.165, 1.54) is 4.57 Å². The lowest BCUT2D eigenvalue weighted by atomic mass is 10.2. The third-order valence-electron chi connectivity index (χ3n) is 3.59. The first-order chi connectivity index (χ1) is 8.56. The van der Waals surface area contributed by atoms with Gasteiger partial charge >= 0.3 is 5.69 Å². The smallest absolute Gasteiger partial charge is 0.326 e. The van der Waals surface area contributed by atoms with Gasteiger partial charge in [0.05, 0.1) is 11.0 Å². The summed E-state index contributed by atoms with van der Waals surface area (Å²) in [5, 5.41) is 2.97. The molecule has 1 aliphatic carbocycles. The van der Waals surface area contributed by atoms with Crippen molar-refractivity contribution < 1.29 is 4.79 Å². The normalized spacial score (nSPS) is 22.1. The van der Waals surface area contributed by atoms with Crippen LogP contribution in [0.3, 0.4) is 0 Å². The molecule has 0 radical (unpaired) electrons. The Balaban J connectivity index is 1.93. The van der Waals surface area contributed by atoms with Crippen molar-refractivity contribution in [1.82, 2.24) is 14.9 Å². The van der Waals surface area contributed by atoms with Gasteiger partial charge in [0.15, 0.2) is 0 Å². The number of imidazole rings is 1. The van der Waals surface area contributed by atoms with Gasteiger partial charge in [0, 0.05) is 18.7 Å². The number of benzene rings is 1. The maximum Gasteiger partial charge on any atom is 0.326 e. The molecule has 1 aromatic heterocycles. The van der Waals surface area contributed by atoms with Gasteiger partial charge < -0.3 is 10.3 Å². The first-order valence-electron chi connectivity index (χ1n) is 6.06. The minimum atomic E-state index is -0.168. The van der Waals surface area contributed by atoms with Gasteiger partial charge in [0.1, 0.15) is 0 Å². The quantitative estimate of drug-likeness (QED) is 0.829. The number of hydrogen-bond acceptors (Lipinski definition) is 2. The number of nitrogens with one attached hydrogen (secondary N) is 2. The van der Waals surface area contributed by atoms with E-state index in [9.17, 15) is 9.59 Å². The molecule has 1 aliphatic rings. The van der Waals surface area contributed by atoms with Crippen LogP contribution in [0.15, 0.2) is 23.0 Å². The molecule has 5 nitrogen and oxygen atoms in total. The number of amides is 1. The van der Waals surface area contributed by atoms with E-state index in [4.69, 9.17) is 0 Å². The molecular formula is C13H15N3O2. The second-order valence-electron chi connectivity index (χ2n) is 5.01. The average Bonchev–Trinajstić information content (AvgIpc) is 2.95. The molecule has 1 heterocycles. The zero-order valence-electron chi connectivity index (χ0n) is 10.4. The van der Waals surface area contributed by atoms with Crippen LogP contribution in [0.25, 0.3) is 11.0 Å².